The lowest BCUT2D eigenvalue weighted by Crippen LogP contribution is -2.31. The standard InChI is InChI=1S/C25H16Br3F/c26-21-9-1-17(2-10-21)25(18-3-11-22(27)12-4-18,19-5-13-23(28)14-6-19)20-7-15-24(29)16-8-20/h1-16H. The third kappa shape index (κ3) is 3.98. The van der Waals surface area contributed by atoms with Gasteiger partial charge in [0.1, 0.15) is 5.82 Å². The van der Waals surface area contributed by atoms with Crippen molar-refractivity contribution in [2.75, 3.05) is 0 Å². The average Bonchev–Trinajstić information content (AvgIpc) is 2.73. The first kappa shape index (κ1) is 20.5. The quantitative estimate of drug-likeness (QED) is 0.214. The minimum Gasteiger partial charge on any atom is -0.207 e. The Hall–Kier alpha value is -1.75. The molecule has 0 spiro atoms. The molecule has 4 aromatic rings. The predicted octanol–water partition coefficient (Wildman–Crippen LogP) is 8.50. The zero-order chi connectivity index (χ0) is 20.4. The van der Waals surface area contributed by atoms with Crippen molar-refractivity contribution in [3.63, 3.8) is 0 Å². The summed E-state index contributed by atoms with van der Waals surface area (Å²) >= 11 is 10.6. The summed E-state index contributed by atoms with van der Waals surface area (Å²) < 4.78 is 16.9. The van der Waals surface area contributed by atoms with E-state index in [-0.39, 0.29) is 5.82 Å². The van der Waals surface area contributed by atoms with Crippen LogP contribution in [-0.4, -0.2) is 0 Å². The monoisotopic (exact) mass is 572 g/mol. The van der Waals surface area contributed by atoms with Crippen molar-refractivity contribution in [2.24, 2.45) is 0 Å². The molecule has 4 aromatic carbocycles. The lowest BCUT2D eigenvalue weighted by atomic mass is 9.65. The molecule has 144 valence electrons. The summed E-state index contributed by atoms with van der Waals surface area (Å²) in [6.45, 7) is 0. The van der Waals surface area contributed by atoms with Crippen LogP contribution in [0.15, 0.2) is 110 Å². The lowest BCUT2D eigenvalue weighted by molar-refractivity contribution is 0.624. The minimum absolute atomic E-state index is 0.245. The van der Waals surface area contributed by atoms with E-state index in [1.807, 2.05) is 48.5 Å². The van der Waals surface area contributed by atoms with Crippen molar-refractivity contribution in [1.82, 2.24) is 0 Å². The van der Waals surface area contributed by atoms with E-state index in [9.17, 15) is 4.39 Å². The van der Waals surface area contributed by atoms with Gasteiger partial charge in [-0.2, -0.15) is 0 Å². The topological polar surface area (TPSA) is 0 Å². The Morgan fingerprint density at radius 1 is 0.414 bits per heavy atom. The maximum atomic E-state index is 13.8. The van der Waals surface area contributed by atoms with E-state index < -0.39 is 5.41 Å². The van der Waals surface area contributed by atoms with Crippen LogP contribution in [0.1, 0.15) is 22.3 Å². The summed E-state index contributed by atoms with van der Waals surface area (Å²) in [6.07, 6.45) is 0. The van der Waals surface area contributed by atoms with Gasteiger partial charge in [0, 0.05) is 13.4 Å². The molecule has 0 aromatic heterocycles. The van der Waals surface area contributed by atoms with Crippen molar-refractivity contribution in [1.29, 1.82) is 0 Å². The Labute approximate surface area is 195 Å². The fourth-order valence-electron chi connectivity index (χ4n) is 3.80. The Morgan fingerprint density at radius 2 is 0.655 bits per heavy atom. The molecule has 0 bridgehead atoms. The molecule has 0 saturated carbocycles. The van der Waals surface area contributed by atoms with Gasteiger partial charge >= 0.3 is 0 Å². The number of hydrogen-bond acceptors (Lipinski definition) is 0. The molecular weight excluding hydrogens is 559 g/mol. The number of rotatable bonds is 4. The lowest BCUT2D eigenvalue weighted by Gasteiger charge is -2.37. The van der Waals surface area contributed by atoms with E-state index in [0.29, 0.717) is 0 Å². The van der Waals surface area contributed by atoms with E-state index in [1.165, 1.54) is 12.1 Å². The average molecular weight is 575 g/mol. The third-order valence-corrected chi connectivity index (χ3v) is 6.69. The summed E-state index contributed by atoms with van der Waals surface area (Å²) in [5, 5.41) is 0. The van der Waals surface area contributed by atoms with Gasteiger partial charge in [-0.05, 0) is 70.8 Å². The largest absolute Gasteiger partial charge is 0.207 e. The maximum absolute atomic E-state index is 13.8. The zero-order valence-electron chi connectivity index (χ0n) is 15.2. The van der Waals surface area contributed by atoms with Crippen LogP contribution < -0.4 is 0 Å². The van der Waals surface area contributed by atoms with Crippen molar-refractivity contribution in [2.45, 2.75) is 5.41 Å². The molecule has 0 saturated heterocycles. The zero-order valence-corrected chi connectivity index (χ0v) is 20.0. The van der Waals surface area contributed by atoms with Crippen LogP contribution in [0.2, 0.25) is 0 Å². The van der Waals surface area contributed by atoms with Crippen molar-refractivity contribution < 1.29 is 4.39 Å². The minimum atomic E-state index is -0.587. The third-order valence-electron chi connectivity index (χ3n) is 5.11. The van der Waals surface area contributed by atoms with Gasteiger partial charge in [-0.1, -0.05) is 96.3 Å². The summed E-state index contributed by atoms with van der Waals surface area (Å²) in [6, 6.07) is 31.8. The molecule has 0 atom stereocenters. The first-order chi connectivity index (χ1) is 14.0. The highest BCUT2D eigenvalue weighted by Gasteiger charge is 2.38. The summed E-state index contributed by atoms with van der Waals surface area (Å²) in [7, 11) is 0. The highest BCUT2D eigenvalue weighted by molar-refractivity contribution is 9.11. The van der Waals surface area contributed by atoms with E-state index in [4.69, 9.17) is 0 Å². The molecular formula is C25H16Br3F. The fraction of sp³-hybridized carbons (Fsp3) is 0.0400. The molecule has 0 aliphatic rings. The Kier molecular flexibility index (Phi) is 6.05. The van der Waals surface area contributed by atoms with Gasteiger partial charge in [-0.15, -0.1) is 0 Å². The van der Waals surface area contributed by atoms with Crippen LogP contribution in [0.5, 0.6) is 0 Å². The van der Waals surface area contributed by atoms with Crippen LogP contribution in [0.4, 0.5) is 4.39 Å². The number of halogens is 4. The van der Waals surface area contributed by atoms with E-state index in [2.05, 4.69) is 84.2 Å². The van der Waals surface area contributed by atoms with E-state index >= 15 is 0 Å². The van der Waals surface area contributed by atoms with Crippen LogP contribution >= 0.6 is 47.8 Å². The van der Waals surface area contributed by atoms with Crippen molar-refractivity contribution >= 4 is 47.8 Å². The second-order valence-corrected chi connectivity index (χ2v) is 9.52. The van der Waals surface area contributed by atoms with Gasteiger partial charge < -0.3 is 0 Å². The first-order valence-electron chi connectivity index (χ1n) is 9.04. The van der Waals surface area contributed by atoms with Crippen LogP contribution in [-0.2, 0) is 5.41 Å². The molecule has 4 rings (SSSR count). The molecule has 0 nitrogen and oxygen atoms in total. The van der Waals surface area contributed by atoms with Gasteiger partial charge in [0.25, 0.3) is 0 Å². The van der Waals surface area contributed by atoms with Crippen LogP contribution in [0.3, 0.4) is 0 Å². The van der Waals surface area contributed by atoms with Gasteiger partial charge in [-0.3, -0.25) is 0 Å². The molecule has 0 aliphatic heterocycles. The summed E-state index contributed by atoms with van der Waals surface area (Å²) in [4.78, 5) is 0. The second kappa shape index (κ2) is 8.55. The van der Waals surface area contributed by atoms with Crippen molar-refractivity contribution in [3.05, 3.63) is 139 Å². The SMILES string of the molecule is Fc1ccc(C(c2ccc(Br)cc2)(c2ccc(Br)cc2)c2ccc(Br)cc2)cc1. The van der Waals surface area contributed by atoms with Crippen LogP contribution in [0.25, 0.3) is 0 Å². The van der Waals surface area contributed by atoms with Crippen LogP contribution in [0, 0.1) is 5.82 Å². The smallest absolute Gasteiger partial charge is 0.123 e. The number of benzene rings is 4. The highest BCUT2D eigenvalue weighted by atomic mass is 79.9. The molecule has 0 amide bonds. The molecule has 0 unspecified atom stereocenters. The molecule has 0 N–H and O–H groups in total. The van der Waals surface area contributed by atoms with Gasteiger partial charge in [0.2, 0.25) is 0 Å². The summed E-state index contributed by atoms with van der Waals surface area (Å²) in [5.41, 5.74) is 3.74. The van der Waals surface area contributed by atoms with E-state index in [0.717, 1.165) is 35.7 Å². The Bertz CT molecular complexity index is 913. The summed E-state index contributed by atoms with van der Waals surface area (Å²) in [5.74, 6) is -0.245. The first-order valence-corrected chi connectivity index (χ1v) is 11.4. The van der Waals surface area contributed by atoms with Gasteiger partial charge in [-0.25, -0.2) is 4.39 Å². The van der Waals surface area contributed by atoms with Gasteiger partial charge in [0.15, 0.2) is 0 Å². The molecule has 0 heterocycles. The Balaban J connectivity index is 2.11. The molecule has 4 heteroatoms. The fourth-order valence-corrected chi connectivity index (χ4v) is 4.59. The van der Waals surface area contributed by atoms with E-state index in [1.54, 1.807) is 0 Å². The normalized spacial score (nSPS) is 11.4. The molecule has 29 heavy (non-hydrogen) atoms. The Morgan fingerprint density at radius 3 is 0.931 bits per heavy atom. The highest BCUT2D eigenvalue weighted by Crippen LogP contribution is 2.45. The molecule has 0 fully saturated rings. The number of hydrogen-bond donors (Lipinski definition) is 0. The molecule has 0 radical (unpaired) electrons. The predicted molar refractivity (Wildman–Crippen MR) is 128 cm³/mol. The van der Waals surface area contributed by atoms with Gasteiger partial charge in [0.05, 0.1) is 5.41 Å². The molecule has 0 aliphatic carbocycles. The second-order valence-electron chi connectivity index (χ2n) is 6.78. The van der Waals surface area contributed by atoms with Crippen molar-refractivity contribution in [3.8, 4) is 0 Å². The maximum Gasteiger partial charge on any atom is 0.123 e.